The quantitative estimate of drug-likeness (QED) is 0.497. The highest BCUT2D eigenvalue weighted by molar-refractivity contribution is 5.80. The Hall–Kier alpha value is -1.79. The maximum Gasteiger partial charge on any atom is 0.194 e. The van der Waals surface area contributed by atoms with Crippen LogP contribution in [-0.2, 0) is 16.0 Å². The van der Waals surface area contributed by atoms with Gasteiger partial charge in [0.2, 0.25) is 0 Å². The molecule has 0 aromatic heterocycles. The zero-order valence-corrected chi connectivity index (χ0v) is 19.1. The van der Waals surface area contributed by atoms with E-state index >= 15 is 0 Å². The molecule has 0 bridgehead atoms. The van der Waals surface area contributed by atoms with Gasteiger partial charge in [-0.25, -0.2) is 4.99 Å². The van der Waals surface area contributed by atoms with E-state index in [1.807, 2.05) is 0 Å². The number of benzene rings is 1. The van der Waals surface area contributed by atoms with Crippen LogP contribution in [0.3, 0.4) is 0 Å². The molecule has 1 unspecified atom stereocenters. The molecule has 1 N–H and O–H groups in total. The lowest BCUT2D eigenvalue weighted by Crippen LogP contribution is -2.47. The first-order valence-corrected chi connectivity index (χ1v) is 12.3. The van der Waals surface area contributed by atoms with Crippen LogP contribution in [0.4, 0.5) is 0 Å². The SMILES string of the molecule is CCNC(=NCc1ccccc1OC1CCC1)N1CCC(OCC2CCCCO2)CC1. The molecule has 6 nitrogen and oxygen atoms in total. The second-order valence-corrected chi connectivity index (χ2v) is 8.96. The predicted molar refractivity (Wildman–Crippen MR) is 124 cm³/mol. The lowest BCUT2D eigenvalue weighted by atomic mass is 9.96. The lowest BCUT2D eigenvalue weighted by Gasteiger charge is -2.35. The molecule has 1 atom stereocenters. The largest absolute Gasteiger partial charge is 0.490 e. The molecule has 3 fully saturated rings. The first kappa shape index (κ1) is 22.4. The van der Waals surface area contributed by atoms with Gasteiger partial charge in [0.25, 0.3) is 0 Å². The minimum atomic E-state index is 0.299. The molecule has 2 saturated heterocycles. The highest BCUT2D eigenvalue weighted by Crippen LogP contribution is 2.28. The van der Waals surface area contributed by atoms with Gasteiger partial charge in [0.1, 0.15) is 5.75 Å². The average Bonchev–Trinajstić information content (AvgIpc) is 2.79. The van der Waals surface area contributed by atoms with Crippen molar-refractivity contribution in [2.24, 2.45) is 4.99 Å². The number of guanidine groups is 1. The van der Waals surface area contributed by atoms with E-state index in [1.165, 1.54) is 32.1 Å². The fourth-order valence-electron chi connectivity index (χ4n) is 4.42. The maximum atomic E-state index is 6.18. The van der Waals surface area contributed by atoms with Gasteiger partial charge in [-0.3, -0.25) is 0 Å². The van der Waals surface area contributed by atoms with Crippen LogP contribution in [0.1, 0.15) is 63.9 Å². The minimum Gasteiger partial charge on any atom is -0.490 e. The average molecular weight is 430 g/mol. The minimum absolute atomic E-state index is 0.299. The maximum absolute atomic E-state index is 6.18. The van der Waals surface area contributed by atoms with Crippen molar-refractivity contribution in [3.8, 4) is 5.75 Å². The summed E-state index contributed by atoms with van der Waals surface area (Å²) in [6.45, 7) is 7.23. The number of ether oxygens (including phenoxy) is 3. The molecule has 1 saturated carbocycles. The molecule has 0 spiro atoms. The number of para-hydroxylation sites is 1. The molecule has 3 aliphatic rings. The Kier molecular flexibility index (Phi) is 8.47. The zero-order valence-electron chi connectivity index (χ0n) is 19.1. The van der Waals surface area contributed by atoms with Crippen molar-refractivity contribution >= 4 is 5.96 Å². The van der Waals surface area contributed by atoms with Crippen LogP contribution in [0.2, 0.25) is 0 Å². The Labute approximate surface area is 187 Å². The summed E-state index contributed by atoms with van der Waals surface area (Å²) < 4.78 is 18.2. The van der Waals surface area contributed by atoms with Gasteiger partial charge in [0, 0.05) is 31.8 Å². The number of nitrogens with zero attached hydrogens (tertiary/aromatic N) is 2. The summed E-state index contributed by atoms with van der Waals surface area (Å²) in [5, 5.41) is 3.48. The Morgan fingerprint density at radius 2 is 1.90 bits per heavy atom. The third-order valence-electron chi connectivity index (χ3n) is 6.59. The lowest BCUT2D eigenvalue weighted by molar-refractivity contribution is -0.0721. The topological polar surface area (TPSA) is 55.3 Å². The number of aliphatic imine (C=N–C) groups is 1. The molecule has 31 heavy (non-hydrogen) atoms. The van der Waals surface area contributed by atoms with E-state index in [2.05, 4.69) is 41.4 Å². The Morgan fingerprint density at radius 1 is 1.06 bits per heavy atom. The number of likely N-dealkylation sites (tertiary alicyclic amines) is 1. The molecule has 0 radical (unpaired) electrons. The Morgan fingerprint density at radius 3 is 2.61 bits per heavy atom. The van der Waals surface area contributed by atoms with Gasteiger partial charge in [-0.05, 0) is 64.4 Å². The van der Waals surface area contributed by atoms with Crippen molar-refractivity contribution in [3.05, 3.63) is 29.8 Å². The first-order valence-electron chi connectivity index (χ1n) is 12.3. The fourth-order valence-corrected chi connectivity index (χ4v) is 4.42. The molecule has 4 rings (SSSR count). The molecule has 1 aliphatic carbocycles. The van der Waals surface area contributed by atoms with Gasteiger partial charge >= 0.3 is 0 Å². The summed E-state index contributed by atoms with van der Waals surface area (Å²) in [6.07, 6.45) is 10.3. The van der Waals surface area contributed by atoms with Crippen molar-refractivity contribution in [3.63, 3.8) is 0 Å². The second-order valence-electron chi connectivity index (χ2n) is 8.96. The number of rotatable bonds is 8. The van der Waals surface area contributed by atoms with Crippen LogP contribution in [0.25, 0.3) is 0 Å². The molecule has 1 aromatic carbocycles. The number of hydrogen-bond acceptors (Lipinski definition) is 4. The van der Waals surface area contributed by atoms with Gasteiger partial charge in [-0.15, -0.1) is 0 Å². The van der Waals surface area contributed by atoms with E-state index in [-0.39, 0.29) is 0 Å². The van der Waals surface area contributed by atoms with Crippen LogP contribution in [0, 0.1) is 0 Å². The monoisotopic (exact) mass is 429 g/mol. The summed E-state index contributed by atoms with van der Waals surface area (Å²) in [5.74, 6) is 1.99. The third kappa shape index (κ3) is 6.59. The summed E-state index contributed by atoms with van der Waals surface area (Å²) in [4.78, 5) is 7.33. The molecule has 1 aromatic rings. The second kappa shape index (κ2) is 11.7. The molecule has 6 heteroatoms. The van der Waals surface area contributed by atoms with Crippen molar-refractivity contribution in [2.45, 2.75) is 83.1 Å². The highest BCUT2D eigenvalue weighted by atomic mass is 16.5. The highest BCUT2D eigenvalue weighted by Gasteiger charge is 2.24. The van der Waals surface area contributed by atoms with E-state index in [1.54, 1.807) is 0 Å². The summed E-state index contributed by atoms with van der Waals surface area (Å²) in [7, 11) is 0. The summed E-state index contributed by atoms with van der Waals surface area (Å²) in [6, 6.07) is 8.34. The van der Waals surface area contributed by atoms with Crippen LogP contribution < -0.4 is 10.1 Å². The van der Waals surface area contributed by atoms with Gasteiger partial charge in [-0.2, -0.15) is 0 Å². The molecule has 172 valence electrons. The molecule has 0 amide bonds. The van der Waals surface area contributed by atoms with Gasteiger partial charge in [-0.1, -0.05) is 18.2 Å². The summed E-state index contributed by atoms with van der Waals surface area (Å²) >= 11 is 0. The molecular weight excluding hydrogens is 390 g/mol. The van der Waals surface area contributed by atoms with Gasteiger partial charge < -0.3 is 24.4 Å². The van der Waals surface area contributed by atoms with Crippen LogP contribution in [-0.4, -0.2) is 62.0 Å². The van der Waals surface area contributed by atoms with Crippen LogP contribution in [0.15, 0.2) is 29.3 Å². The fraction of sp³-hybridized carbons (Fsp3) is 0.720. The van der Waals surface area contributed by atoms with E-state index in [4.69, 9.17) is 19.2 Å². The normalized spacial score (nSPS) is 23.5. The van der Waals surface area contributed by atoms with E-state index in [0.717, 1.165) is 69.4 Å². The predicted octanol–water partition coefficient (Wildman–Crippen LogP) is 4.13. The Balaban J connectivity index is 1.28. The van der Waals surface area contributed by atoms with Crippen molar-refractivity contribution in [2.75, 3.05) is 32.8 Å². The van der Waals surface area contributed by atoms with E-state index in [9.17, 15) is 0 Å². The summed E-state index contributed by atoms with van der Waals surface area (Å²) in [5.41, 5.74) is 1.16. The first-order chi connectivity index (χ1) is 15.3. The number of nitrogens with one attached hydrogen (secondary N) is 1. The number of piperidine rings is 1. The van der Waals surface area contributed by atoms with E-state index in [0.29, 0.717) is 24.9 Å². The third-order valence-corrected chi connectivity index (χ3v) is 6.59. The zero-order chi connectivity index (χ0) is 21.3. The van der Waals surface area contributed by atoms with Crippen molar-refractivity contribution in [1.82, 2.24) is 10.2 Å². The molecule has 2 heterocycles. The van der Waals surface area contributed by atoms with Gasteiger partial charge in [0.05, 0.1) is 31.5 Å². The van der Waals surface area contributed by atoms with Crippen LogP contribution in [0.5, 0.6) is 5.75 Å². The number of hydrogen-bond donors (Lipinski definition) is 1. The standard InChI is InChI=1S/C25H39N3O3/c1-2-26-25(27-18-20-8-3-4-12-24(20)31-22-10-7-11-22)28-15-13-21(14-16-28)30-19-23-9-5-6-17-29-23/h3-4,8,12,21-23H,2,5-7,9-11,13-19H2,1H3,(H,26,27). The molecular formula is C25H39N3O3. The van der Waals surface area contributed by atoms with Crippen molar-refractivity contribution in [1.29, 1.82) is 0 Å². The van der Waals surface area contributed by atoms with Crippen LogP contribution >= 0.6 is 0 Å². The smallest absolute Gasteiger partial charge is 0.194 e. The Bertz CT molecular complexity index is 693. The molecule has 2 aliphatic heterocycles. The van der Waals surface area contributed by atoms with Crippen molar-refractivity contribution < 1.29 is 14.2 Å². The van der Waals surface area contributed by atoms with Gasteiger partial charge in [0.15, 0.2) is 5.96 Å². The van der Waals surface area contributed by atoms with E-state index < -0.39 is 0 Å².